The molecule has 0 saturated carbocycles. The molecular formula is C15H16F3NO5. The zero-order valence-corrected chi connectivity index (χ0v) is 12.6. The zero-order valence-electron chi connectivity index (χ0n) is 12.6. The molecule has 0 bridgehead atoms. The number of carboxylic acid groups (broad SMARTS) is 1. The van der Waals surface area contributed by atoms with Gasteiger partial charge in [0.1, 0.15) is 11.3 Å². The lowest BCUT2D eigenvalue weighted by atomic mass is 9.90. The number of alkyl halides is 3. The van der Waals surface area contributed by atoms with Crippen LogP contribution in [0.25, 0.3) is 0 Å². The number of carbonyl (C=O) groups excluding carboxylic acids is 1. The first-order chi connectivity index (χ1) is 11.2. The van der Waals surface area contributed by atoms with Crippen molar-refractivity contribution in [2.24, 2.45) is 0 Å². The summed E-state index contributed by atoms with van der Waals surface area (Å²) in [5, 5.41) is 11.8. The standard InChI is InChI=1S/C15H16F3NO5/c16-15(17,18)24-11-3-1-2-10(8-11)9-12(20)19-14(13(21)22)4-6-23-7-5-14/h1-3,8H,4-7,9H2,(H,19,20)(H,21,22). The van der Waals surface area contributed by atoms with Gasteiger partial charge in [-0.1, -0.05) is 12.1 Å². The van der Waals surface area contributed by atoms with Crippen LogP contribution in [0.15, 0.2) is 24.3 Å². The number of carbonyl (C=O) groups is 2. The number of ether oxygens (including phenoxy) is 2. The molecule has 0 aliphatic carbocycles. The molecule has 1 heterocycles. The summed E-state index contributed by atoms with van der Waals surface area (Å²) in [6.45, 7) is 0.420. The Hall–Kier alpha value is -2.29. The molecular weight excluding hydrogens is 331 g/mol. The number of benzene rings is 1. The lowest BCUT2D eigenvalue weighted by Crippen LogP contribution is -2.57. The maximum atomic E-state index is 12.2. The van der Waals surface area contributed by atoms with Crippen molar-refractivity contribution in [3.63, 3.8) is 0 Å². The van der Waals surface area contributed by atoms with Crippen LogP contribution in [-0.4, -0.2) is 42.1 Å². The molecule has 2 rings (SSSR count). The van der Waals surface area contributed by atoms with Gasteiger partial charge in [-0.3, -0.25) is 4.79 Å². The third kappa shape index (κ3) is 4.85. The van der Waals surface area contributed by atoms with E-state index in [9.17, 15) is 27.9 Å². The Kier molecular flexibility index (Phi) is 5.33. The molecule has 0 aromatic heterocycles. The lowest BCUT2D eigenvalue weighted by Gasteiger charge is -2.33. The van der Waals surface area contributed by atoms with Gasteiger partial charge >= 0.3 is 12.3 Å². The fourth-order valence-electron chi connectivity index (χ4n) is 2.46. The van der Waals surface area contributed by atoms with Crippen LogP contribution in [0.3, 0.4) is 0 Å². The maximum Gasteiger partial charge on any atom is 0.573 e. The Balaban J connectivity index is 2.04. The first kappa shape index (κ1) is 18.1. The minimum absolute atomic E-state index is 0.130. The van der Waals surface area contributed by atoms with Crippen molar-refractivity contribution < 1.29 is 37.3 Å². The van der Waals surface area contributed by atoms with Gasteiger partial charge in [0.15, 0.2) is 0 Å². The summed E-state index contributed by atoms with van der Waals surface area (Å²) < 4.78 is 45.5. The van der Waals surface area contributed by atoms with Crippen LogP contribution in [0.2, 0.25) is 0 Å². The summed E-state index contributed by atoms with van der Waals surface area (Å²) in [6.07, 6.45) is -4.82. The second-order valence-electron chi connectivity index (χ2n) is 5.42. The van der Waals surface area contributed by atoms with Gasteiger partial charge < -0.3 is 19.9 Å². The molecule has 1 amide bonds. The largest absolute Gasteiger partial charge is 0.573 e. The number of amides is 1. The summed E-state index contributed by atoms with van der Waals surface area (Å²) in [6, 6.07) is 4.99. The highest BCUT2D eigenvalue weighted by atomic mass is 19.4. The molecule has 0 radical (unpaired) electrons. The molecule has 1 aromatic carbocycles. The van der Waals surface area contributed by atoms with Gasteiger partial charge in [-0.2, -0.15) is 0 Å². The number of carboxylic acids is 1. The Morgan fingerprint density at radius 3 is 2.54 bits per heavy atom. The SMILES string of the molecule is O=C(Cc1cccc(OC(F)(F)F)c1)NC1(C(=O)O)CCOCC1. The molecule has 1 saturated heterocycles. The number of halogens is 3. The minimum atomic E-state index is -4.82. The topological polar surface area (TPSA) is 84.9 Å². The van der Waals surface area contributed by atoms with Gasteiger partial charge in [-0.15, -0.1) is 13.2 Å². The van der Waals surface area contributed by atoms with Crippen molar-refractivity contribution in [3.05, 3.63) is 29.8 Å². The number of nitrogens with one attached hydrogen (secondary N) is 1. The highest BCUT2D eigenvalue weighted by molar-refractivity contribution is 5.88. The van der Waals surface area contributed by atoms with Gasteiger partial charge in [-0.05, 0) is 17.7 Å². The predicted molar refractivity (Wildman–Crippen MR) is 75.4 cm³/mol. The van der Waals surface area contributed by atoms with E-state index in [0.29, 0.717) is 0 Å². The number of rotatable bonds is 5. The number of hydrogen-bond acceptors (Lipinski definition) is 4. The van der Waals surface area contributed by atoms with Crippen LogP contribution in [0.1, 0.15) is 18.4 Å². The van der Waals surface area contributed by atoms with E-state index in [4.69, 9.17) is 4.74 Å². The van der Waals surface area contributed by atoms with E-state index < -0.39 is 29.5 Å². The first-order valence-electron chi connectivity index (χ1n) is 7.17. The van der Waals surface area contributed by atoms with Gasteiger partial charge in [0.05, 0.1) is 6.42 Å². The summed E-state index contributed by atoms with van der Waals surface area (Å²) in [4.78, 5) is 23.6. The van der Waals surface area contributed by atoms with E-state index >= 15 is 0 Å². The molecule has 0 atom stereocenters. The van der Waals surface area contributed by atoms with Crippen LogP contribution in [0.4, 0.5) is 13.2 Å². The predicted octanol–water partition coefficient (Wildman–Crippen LogP) is 1.88. The fraction of sp³-hybridized carbons (Fsp3) is 0.467. The lowest BCUT2D eigenvalue weighted by molar-refractivity contribution is -0.274. The minimum Gasteiger partial charge on any atom is -0.480 e. The molecule has 2 N–H and O–H groups in total. The monoisotopic (exact) mass is 347 g/mol. The van der Waals surface area contributed by atoms with E-state index in [1.54, 1.807) is 0 Å². The van der Waals surface area contributed by atoms with Gasteiger partial charge in [-0.25, -0.2) is 4.79 Å². The van der Waals surface area contributed by atoms with Crippen molar-refractivity contribution in [1.29, 1.82) is 0 Å². The van der Waals surface area contributed by atoms with E-state index in [1.165, 1.54) is 12.1 Å². The molecule has 1 aliphatic rings. The van der Waals surface area contributed by atoms with E-state index in [2.05, 4.69) is 10.1 Å². The molecule has 24 heavy (non-hydrogen) atoms. The highest BCUT2D eigenvalue weighted by Crippen LogP contribution is 2.24. The van der Waals surface area contributed by atoms with E-state index in [0.717, 1.165) is 12.1 Å². The summed E-state index contributed by atoms with van der Waals surface area (Å²) >= 11 is 0. The normalized spacial score (nSPS) is 17.1. The second-order valence-corrected chi connectivity index (χ2v) is 5.42. The van der Waals surface area contributed by atoms with E-state index in [-0.39, 0.29) is 38.0 Å². The summed E-state index contributed by atoms with van der Waals surface area (Å²) in [5.74, 6) is -2.19. The van der Waals surface area contributed by atoms with Crippen molar-refractivity contribution in [1.82, 2.24) is 5.32 Å². The fourth-order valence-corrected chi connectivity index (χ4v) is 2.46. The van der Waals surface area contributed by atoms with Gasteiger partial charge in [0.2, 0.25) is 5.91 Å². The molecule has 9 heteroatoms. The average Bonchev–Trinajstić information content (AvgIpc) is 2.46. The third-order valence-electron chi connectivity index (χ3n) is 3.63. The molecule has 1 fully saturated rings. The Morgan fingerprint density at radius 2 is 1.96 bits per heavy atom. The van der Waals surface area contributed by atoms with Crippen LogP contribution >= 0.6 is 0 Å². The smallest absolute Gasteiger partial charge is 0.480 e. The summed E-state index contributed by atoms with van der Waals surface area (Å²) in [7, 11) is 0. The Labute approximate surface area is 135 Å². The van der Waals surface area contributed by atoms with Crippen LogP contribution < -0.4 is 10.1 Å². The first-order valence-corrected chi connectivity index (χ1v) is 7.17. The Bertz CT molecular complexity index is 611. The van der Waals surface area contributed by atoms with Crippen molar-refractivity contribution in [2.45, 2.75) is 31.2 Å². The third-order valence-corrected chi connectivity index (χ3v) is 3.63. The van der Waals surface area contributed by atoms with Crippen molar-refractivity contribution in [2.75, 3.05) is 13.2 Å². The second kappa shape index (κ2) is 7.08. The van der Waals surface area contributed by atoms with Crippen molar-refractivity contribution >= 4 is 11.9 Å². The van der Waals surface area contributed by atoms with Gasteiger partial charge in [0.25, 0.3) is 0 Å². The van der Waals surface area contributed by atoms with Gasteiger partial charge in [0, 0.05) is 26.1 Å². The molecule has 0 spiro atoms. The van der Waals surface area contributed by atoms with Crippen LogP contribution in [0.5, 0.6) is 5.75 Å². The molecule has 0 unspecified atom stereocenters. The van der Waals surface area contributed by atoms with Crippen LogP contribution in [0, 0.1) is 0 Å². The van der Waals surface area contributed by atoms with Crippen molar-refractivity contribution in [3.8, 4) is 5.75 Å². The molecule has 6 nitrogen and oxygen atoms in total. The quantitative estimate of drug-likeness (QED) is 0.850. The molecule has 1 aromatic rings. The van der Waals surface area contributed by atoms with Crippen LogP contribution in [-0.2, 0) is 20.7 Å². The Morgan fingerprint density at radius 1 is 1.29 bits per heavy atom. The average molecular weight is 347 g/mol. The highest BCUT2D eigenvalue weighted by Gasteiger charge is 2.41. The zero-order chi connectivity index (χ0) is 17.8. The number of hydrogen-bond donors (Lipinski definition) is 2. The van der Waals surface area contributed by atoms with E-state index in [1.807, 2.05) is 0 Å². The molecule has 1 aliphatic heterocycles. The summed E-state index contributed by atoms with van der Waals surface area (Å²) in [5.41, 5.74) is -1.13. The maximum absolute atomic E-state index is 12.2. The number of aliphatic carboxylic acids is 1. The molecule has 132 valence electrons.